The van der Waals surface area contributed by atoms with E-state index in [1.807, 2.05) is 0 Å². The summed E-state index contributed by atoms with van der Waals surface area (Å²) in [7, 11) is 5.33. The van der Waals surface area contributed by atoms with Crippen molar-refractivity contribution in [3.05, 3.63) is 29.3 Å². The van der Waals surface area contributed by atoms with Crippen LogP contribution in [0.15, 0.2) is 18.2 Å². The molecule has 1 atom stereocenters. The molecular weight excluding hydrogens is 291 g/mol. The molecule has 0 aromatic heterocycles. The van der Waals surface area contributed by atoms with Gasteiger partial charge in [-0.2, -0.15) is 0 Å². The number of nitrogens with one attached hydrogen (secondary N) is 1. The molecule has 0 saturated carbocycles. The van der Waals surface area contributed by atoms with Crippen LogP contribution in [0, 0.1) is 0 Å². The maximum atomic E-state index is 12.8. The van der Waals surface area contributed by atoms with Gasteiger partial charge in [-0.15, -0.1) is 0 Å². The average Bonchev–Trinajstić information content (AvgIpc) is 2.80. The van der Waals surface area contributed by atoms with E-state index >= 15 is 0 Å². The number of carbonyl (C=O) groups is 3. The Labute approximate surface area is 137 Å². The highest BCUT2D eigenvalue weighted by molar-refractivity contribution is 6.52. The topological polar surface area (TPSA) is 92.5 Å². The van der Waals surface area contributed by atoms with Gasteiger partial charge in [0.25, 0.3) is 5.91 Å². The van der Waals surface area contributed by atoms with Crippen molar-refractivity contribution < 1.29 is 14.4 Å². The number of benzene rings is 1. The summed E-state index contributed by atoms with van der Waals surface area (Å²) in [5.74, 6) is -0.931. The molecule has 0 radical (unpaired) electrons. The molecular formula is C14H18B3N3O3. The van der Waals surface area contributed by atoms with Crippen LogP contribution < -0.4 is 11.1 Å². The molecule has 1 aromatic carbocycles. The number of anilines is 1. The molecule has 23 heavy (non-hydrogen) atoms. The summed E-state index contributed by atoms with van der Waals surface area (Å²) in [6, 6.07) is 5.20. The molecule has 2 aliphatic rings. The predicted molar refractivity (Wildman–Crippen MR) is 94.2 cm³/mol. The molecule has 2 aliphatic heterocycles. The minimum atomic E-state index is -1.06. The molecule has 0 unspecified atom stereocenters. The highest BCUT2D eigenvalue weighted by Gasteiger charge is 2.49. The fourth-order valence-corrected chi connectivity index (χ4v) is 3.20. The zero-order chi connectivity index (χ0) is 17.0. The SMILES string of the molecule is BC1(B)CC[C@](B)(N2Cc3c(N)cccc3C2=O)C(=O)NC1=O. The molecule has 9 heteroatoms. The van der Waals surface area contributed by atoms with Crippen LogP contribution in [0.5, 0.6) is 0 Å². The second-order valence-electron chi connectivity index (χ2n) is 7.21. The molecule has 1 fully saturated rings. The average molecular weight is 309 g/mol. The highest BCUT2D eigenvalue weighted by Crippen LogP contribution is 2.38. The summed E-state index contributed by atoms with van der Waals surface area (Å²) in [6.07, 6.45) is 0.952. The van der Waals surface area contributed by atoms with Crippen LogP contribution in [0.25, 0.3) is 0 Å². The second kappa shape index (κ2) is 4.91. The van der Waals surface area contributed by atoms with Crippen LogP contribution in [-0.2, 0) is 16.1 Å². The van der Waals surface area contributed by atoms with Crippen molar-refractivity contribution >= 4 is 46.9 Å². The Balaban J connectivity index is 1.99. The quantitative estimate of drug-likeness (QED) is 0.337. The summed E-state index contributed by atoms with van der Waals surface area (Å²) in [4.78, 5) is 39.1. The molecule has 3 rings (SSSR count). The van der Waals surface area contributed by atoms with Crippen molar-refractivity contribution in [3.8, 4) is 0 Å². The first-order valence-electron chi connectivity index (χ1n) is 7.72. The first-order valence-corrected chi connectivity index (χ1v) is 7.72. The van der Waals surface area contributed by atoms with Crippen LogP contribution >= 0.6 is 0 Å². The van der Waals surface area contributed by atoms with E-state index in [0.717, 1.165) is 5.56 Å². The zero-order valence-electron chi connectivity index (χ0n) is 13.6. The van der Waals surface area contributed by atoms with E-state index in [-0.39, 0.29) is 11.8 Å². The molecule has 0 aliphatic carbocycles. The van der Waals surface area contributed by atoms with Crippen LogP contribution in [0.2, 0.25) is 5.21 Å². The normalized spacial score (nSPS) is 26.6. The molecule has 6 nitrogen and oxygen atoms in total. The summed E-state index contributed by atoms with van der Waals surface area (Å²) in [6.45, 7) is 0.291. The van der Waals surface area contributed by atoms with Crippen LogP contribution in [-0.4, -0.2) is 51.6 Å². The number of nitrogens with two attached hydrogens (primary N) is 1. The Bertz CT molecular complexity index is 737. The lowest BCUT2D eigenvalue weighted by molar-refractivity contribution is -0.133. The number of nitrogens with zero attached hydrogens (tertiary/aromatic N) is 1. The molecule has 2 heterocycles. The van der Waals surface area contributed by atoms with Gasteiger partial charge in [0.15, 0.2) is 0 Å². The minimum absolute atomic E-state index is 0.211. The van der Waals surface area contributed by atoms with Gasteiger partial charge in [-0.25, -0.2) is 0 Å². The van der Waals surface area contributed by atoms with Gasteiger partial charge >= 0.3 is 0 Å². The molecule has 1 aromatic rings. The Morgan fingerprint density at radius 1 is 1.09 bits per heavy atom. The van der Waals surface area contributed by atoms with Crippen molar-refractivity contribution in [1.29, 1.82) is 0 Å². The second-order valence-corrected chi connectivity index (χ2v) is 7.21. The van der Waals surface area contributed by atoms with Gasteiger partial charge < -0.3 is 10.6 Å². The first kappa shape index (κ1) is 15.7. The molecule has 0 bridgehead atoms. The van der Waals surface area contributed by atoms with E-state index in [0.29, 0.717) is 30.6 Å². The lowest BCUT2D eigenvalue weighted by Gasteiger charge is -2.36. The van der Waals surface area contributed by atoms with Gasteiger partial charge in [0.2, 0.25) is 11.8 Å². The van der Waals surface area contributed by atoms with E-state index in [9.17, 15) is 14.4 Å². The first-order chi connectivity index (χ1) is 10.7. The van der Waals surface area contributed by atoms with E-state index in [1.165, 1.54) is 4.90 Å². The van der Waals surface area contributed by atoms with Gasteiger partial charge in [-0.3, -0.25) is 19.7 Å². The van der Waals surface area contributed by atoms with Gasteiger partial charge in [-0.1, -0.05) is 12.5 Å². The molecule has 3 amide bonds. The van der Waals surface area contributed by atoms with Gasteiger partial charge in [0, 0.05) is 23.4 Å². The highest BCUT2D eigenvalue weighted by atomic mass is 16.2. The van der Waals surface area contributed by atoms with Gasteiger partial charge in [0.05, 0.1) is 5.44 Å². The monoisotopic (exact) mass is 309 g/mol. The largest absolute Gasteiger partial charge is 0.398 e. The summed E-state index contributed by atoms with van der Waals surface area (Å²) < 4.78 is 0. The van der Waals surface area contributed by atoms with Crippen molar-refractivity contribution in [2.75, 3.05) is 5.73 Å². The Kier molecular flexibility index (Phi) is 3.35. The molecule has 116 valence electrons. The summed E-state index contributed by atoms with van der Waals surface area (Å²) in [5, 5.41) is 1.82. The van der Waals surface area contributed by atoms with Crippen molar-refractivity contribution in [2.45, 2.75) is 30.0 Å². The third-order valence-corrected chi connectivity index (χ3v) is 5.17. The standard InChI is InChI=1S/C14H18B3N3O3/c15-13(16)4-5-14(17,12(23)19-11(13)22)20-6-8-7(10(20)21)2-1-3-9(8)18/h1-3H,4-6,15-18H2,(H,19,22,23)/t14-/m0/s1. The Morgan fingerprint density at radius 2 is 1.78 bits per heavy atom. The van der Waals surface area contributed by atoms with Gasteiger partial charge in [-0.05, 0) is 23.8 Å². The van der Waals surface area contributed by atoms with Crippen LogP contribution in [0.1, 0.15) is 28.8 Å². The number of imide groups is 1. The number of rotatable bonds is 1. The third kappa shape index (κ3) is 2.26. The van der Waals surface area contributed by atoms with E-state index in [1.54, 1.807) is 41.7 Å². The third-order valence-electron chi connectivity index (χ3n) is 5.17. The Hall–Kier alpha value is -2.18. The molecule has 0 spiro atoms. The zero-order valence-corrected chi connectivity index (χ0v) is 13.6. The number of hydrogen-bond acceptors (Lipinski definition) is 4. The minimum Gasteiger partial charge on any atom is -0.398 e. The fourth-order valence-electron chi connectivity index (χ4n) is 3.20. The number of fused-ring (bicyclic) bond motifs is 1. The lowest BCUT2D eigenvalue weighted by Crippen LogP contribution is -2.59. The number of amides is 3. The number of hydrogen-bond donors (Lipinski definition) is 2. The summed E-state index contributed by atoms with van der Waals surface area (Å²) in [5.41, 5.74) is 6.74. The van der Waals surface area contributed by atoms with Crippen LogP contribution in [0.3, 0.4) is 0 Å². The van der Waals surface area contributed by atoms with E-state index < -0.39 is 16.6 Å². The van der Waals surface area contributed by atoms with E-state index in [4.69, 9.17) is 5.73 Å². The number of nitrogen functional groups attached to an aromatic ring is 1. The fraction of sp³-hybridized carbons (Fsp3) is 0.357. The summed E-state index contributed by atoms with van der Waals surface area (Å²) >= 11 is 0. The maximum absolute atomic E-state index is 12.8. The van der Waals surface area contributed by atoms with Crippen LogP contribution in [0.4, 0.5) is 5.69 Å². The van der Waals surface area contributed by atoms with Crippen molar-refractivity contribution in [2.24, 2.45) is 0 Å². The van der Waals surface area contributed by atoms with Gasteiger partial charge in [0.1, 0.15) is 23.5 Å². The number of carbonyl (C=O) groups excluding carboxylic acids is 3. The van der Waals surface area contributed by atoms with E-state index in [2.05, 4.69) is 5.32 Å². The lowest BCUT2D eigenvalue weighted by atomic mass is 9.51. The predicted octanol–water partition coefficient (Wildman–Crippen LogP) is -2.63. The van der Waals surface area contributed by atoms with Crippen molar-refractivity contribution in [1.82, 2.24) is 10.2 Å². The molecule has 1 saturated heterocycles. The molecule has 3 N–H and O–H groups in total. The smallest absolute Gasteiger partial charge is 0.254 e. The maximum Gasteiger partial charge on any atom is 0.254 e. The van der Waals surface area contributed by atoms with Crippen molar-refractivity contribution in [3.63, 3.8) is 0 Å². The Morgan fingerprint density at radius 3 is 2.43 bits per heavy atom.